The lowest BCUT2D eigenvalue weighted by molar-refractivity contribution is 0.169. The number of hydrogen-bond acceptors (Lipinski definition) is 3. The number of halogens is 1. The van der Waals surface area contributed by atoms with Gasteiger partial charge in [-0.3, -0.25) is 0 Å². The third-order valence-corrected chi connectivity index (χ3v) is 4.84. The molecule has 3 nitrogen and oxygen atoms in total. The Morgan fingerprint density at radius 3 is 2.95 bits per heavy atom. The van der Waals surface area contributed by atoms with Gasteiger partial charge < -0.3 is 14.8 Å². The van der Waals surface area contributed by atoms with Gasteiger partial charge in [-0.05, 0) is 44.4 Å². The monoisotopic (exact) mass is 325 g/mol. The first-order valence-corrected chi connectivity index (χ1v) is 7.86. The first-order valence-electron chi connectivity index (χ1n) is 7.06. The number of benzene rings is 1. The zero-order valence-corrected chi connectivity index (χ0v) is 12.9. The van der Waals surface area contributed by atoms with E-state index in [0.717, 1.165) is 28.9 Å². The van der Waals surface area contributed by atoms with Crippen molar-refractivity contribution in [1.29, 1.82) is 0 Å². The van der Waals surface area contributed by atoms with Crippen molar-refractivity contribution in [3.05, 3.63) is 21.7 Å². The number of fused-ring (bicyclic) bond motifs is 1. The number of rotatable bonds is 2. The highest BCUT2D eigenvalue weighted by atomic mass is 79.9. The Hall–Kier alpha value is -0.740. The molecule has 0 radical (unpaired) electrons. The maximum Gasteiger partial charge on any atom is 0.164 e. The van der Waals surface area contributed by atoms with Gasteiger partial charge in [0, 0.05) is 16.1 Å². The summed E-state index contributed by atoms with van der Waals surface area (Å²) in [5.41, 5.74) is 2.57. The molecule has 0 amide bonds. The SMILES string of the molecule is Cc1c(Br)cc2c(c1CC1CCCCN1)OCCO2. The van der Waals surface area contributed by atoms with E-state index in [4.69, 9.17) is 9.47 Å². The van der Waals surface area contributed by atoms with E-state index >= 15 is 0 Å². The molecule has 1 fully saturated rings. The molecule has 0 saturated carbocycles. The van der Waals surface area contributed by atoms with Crippen molar-refractivity contribution < 1.29 is 9.47 Å². The van der Waals surface area contributed by atoms with Crippen LogP contribution in [0.2, 0.25) is 0 Å². The van der Waals surface area contributed by atoms with Crippen LogP contribution in [0.15, 0.2) is 10.5 Å². The molecule has 1 atom stereocenters. The van der Waals surface area contributed by atoms with E-state index in [-0.39, 0.29) is 0 Å². The van der Waals surface area contributed by atoms with Crippen LogP contribution >= 0.6 is 15.9 Å². The lowest BCUT2D eigenvalue weighted by Gasteiger charge is -2.28. The predicted octanol–water partition coefficient (Wildman–Crippen LogP) is 3.21. The Labute approximate surface area is 122 Å². The molecule has 0 aliphatic carbocycles. The molecule has 104 valence electrons. The molecule has 1 saturated heterocycles. The molecular formula is C15H20BrNO2. The Morgan fingerprint density at radius 1 is 1.32 bits per heavy atom. The number of nitrogens with one attached hydrogen (secondary N) is 1. The summed E-state index contributed by atoms with van der Waals surface area (Å²) in [6, 6.07) is 2.60. The Morgan fingerprint density at radius 2 is 2.16 bits per heavy atom. The largest absolute Gasteiger partial charge is 0.486 e. The third-order valence-electron chi connectivity index (χ3n) is 4.02. The van der Waals surface area contributed by atoms with Crippen LogP contribution < -0.4 is 14.8 Å². The molecule has 0 bridgehead atoms. The number of hydrogen-bond donors (Lipinski definition) is 1. The van der Waals surface area contributed by atoms with Gasteiger partial charge in [0.25, 0.3) is 0 Å². The molecule has 2 heterocycles. The second-order valence-electron chi connectivity index (χ2n) is 5.34. The van der Waals surface area contributed by atoms with Crippen molar-refractivity contribution in [2.75, 3.05) is 19.8 Å². The predicted molar refractivity (Wildman–Crippen MR) is 79.2 cm³/mol. The molecular weight excluding hydrogens is 306 g/mol. The topological polar surface area (TPSA) is 30.5 Å². The van der Waals surface area contributed by atoms with Gasteiger partial charge in [-0.25, -0.2) is 0 Å². The van der Waals surface area contributed by atoms with Crippen LogP contribution in [0.5, 0.6) is 11.5 Å². The minimum absolute atomic E-state index is 0.566. The Kier molecular flexibility index (Phi) is 3.99. The van der Waals surface area contributed by atoms with Gasteiger partial charge in [-0.15, -0.1) is 0 Å². The second-order valence-corrected chi connectivity index (χ2v) is 6.19. The van der Waals surface area contributed by atoms with Crippen LogP contribution in [-0.4, -0.2) is 25.8 Å². The normalized spacial score (nSPS) is 22.3. The number of piperidine rings is 1. The molecule has 1 unspecified atom stereocenters. The minimum atomic E-state index is 0.566. The second kappa shape index (κ2) is 5.71. The molecule has 1 aromatic rings. The summed E-state index contributed by atoms with van der Waals surface area (Å²) in [7, 11) is 0. The molecule has 2 aliphatic rings. The Balaban J connectivity index is 1.91. The molecule has 0 spiro atoms. The lowest BCUT2D eigenvalue weighted by atomic mass is 9.94. The van der Waals surface area contributed by atoms with E-state index < -0.39 is 0 Å². The summed E-state index contributed by atoms with van der Waals surface area (Å²) >= 11 is 3.63. The molecule has 2 aliphatic heterocycles. The zero-order chi connectivity index (χ0) is 13.2. The molecule has 4 heteroatoms. The smallest absolute Gasteiger partial charge is 0.164 e. The molecule has 1 aromatic carbocycles. The van der Waals surface area contributed by atoms with Crippen molar-refractivity contribution in [2.24, 2.45) is 0 Å². The van der Waals surface area contributed by atoms with E-state index in [2.05, 4.69) is 28.2 Å². The summed E-state index contributed by atoms with van der Waals surface area (Å²) in [6.07, 6.45) is 4.90. The van der Waals surface area contributed by atoms with Gasteiger partial charge in [0.1, 0.15) is 13.2 Å². The van der Waals surface area contributed by atoms with Gasteiger partial charge in [0.05, 0.1) is 0 Å². The van der Waals surface area contributed by atoms with E-state index in [0.29, 0.717) is 19.3 Å². The van der Waals surface area contributed by atoms with Gasteiger partial charge in [0.2, 0.25) is 0 Å². The summed E-state index contributed by atoms with van der Waals surface area (Å²) in [5.74, 6) is 1.84. The van der Waals surface area contributed by atoms with E-state index in [1.165, 1.54) is 30.4 Å². The Bertz CT molecular complexity index is 470. The van der Waals surface area contributed by atoms with Crippen molar-refractivity contribution in [1.82, 2.24) is 5.32 Å². The maximum atomic E-state index is 5.86. The average molecular weight is 326 g/mol. The van der Waals surface area contributed by atoms with Crippen LogP contribution in [0.3, 0.4) is 0 Å². The van der Waals surface area contributed by atoms with E-state index in [1.54, 1.807) is 0 Å². The zero-order valence-electron chi connectivity index (χ0n) is 11.3. The molecule has 3 rings (SSSR count). The lowest BCUT2D eigenvalue weighted by Crippen LogP contribution is -2.36. The highest BCUT2D eigenvalue weighted by molar-refractivity contribution is 9.10. The number of ether oxygens (including phenoxy) is 2. The fraction of sp³-hybridized carbons (Fsp3) is 0.600. The highest BCUT2D eigenvalue weighted by Crippen LogP contribution is 2.40. The van der Waals surface area contributed by atoms with Gasteiger partial charge in [-0.1, -0.05) is 22.4 Å². The average Bonchev–Trinajstić information content (AvgIpc) is 2.45. The van der Waals surface area contributed by atoms with Crippen molar-refractivity contribution in [3.63, 3.8) is 0 Å². The van der Waals surface area contributed by atoms with Gasteiger partial charge >= 0.3 is 0 Å². The summed E-state index contributed by atoms with van der Waals surface area (Å²) in [6.45, 7) is 4.58. The van der Waals surface area contributed by atoms with Crippen LogP contribution in [0.4, 0.5) is 0 Å². The van der Waals surface area contributed by atoms with Crippen molar-refractivity contribution in [2.45, 2.75) is 38.6 Å². The van der Waals surface area contributed by atoms with Gasteiger partial charge in [0.15, 0.2) is 11.5 Å². The maximum absolute atomic E-state index is 5.86. The van der Waals surface area contributed by atoms with Gasteiger partial charge in [-0.2, -0.15) is 0 Å². The summed E-state index contributed by atoms with van der Waals surface area (Å²) in [4.78, 5) is 0. The van der Waals surface area contributed by atoms with E-state index in [9.17, 15) is 0 Å². The minimum Gasteiger partial charge on any atom is -0.486 e. The fourth-order valence-electron chi connectivity index (χ4n) is 2.90. The summed E-state index contributed by atoms with van der Waals surface area (Å²) in [5, 5.41) is 3.61. The third kappa shape index (κ3) is 2.75. The quantitative estimate of drug-likeness (QED) is 0.905. The van der Waals surface area contributed by atoms with Crippen molar-refractivity contribution >= 4 is 15.9 Å². The summed E-state index contributed by atoms with van der Waals surface area (Å²) < 4.78 is 12.7. The first-order chi connectivity index (χ1) is 9.25. The highest BCUT2D eigenvalue weighted by Gasteiger charge is 2.23. The standard InChI is InChI=1S/C15H20BrNO2/c1-10-12(8-11-4-2-3-5-17-11)15-14(9-13(10)16)18-6-7-19-15/h9,11,17H,2-8H2,1H3. The molecule has 0 aromatic heterocycles. The van der Waals surface area contributed by atoms with Crippen molar-refractivity contribution in [3.8, 4) is 11.5 Å². The van der Waals surface area contributed by atoms with Crippen LogP contribution in [0, 0.1) is 6.92 Å². The van der Waals surface area contributed by atoms with Crippen LogP contribution in [-0.2, 0) is 6.42 Å². The van der Waals surface area contributed by atoms with E-state index in [1.807, 2.05) is 6.07 Å². The molecule has 19 heavy (non-hydrogen) atoms. The van der Waals surface area contributed by atoms with Crippen LogP contribution in [0.1, 0.15) is 30.4 Å². The van der Waals surface area contributed by atoms with Crippen LogP contribution in [0.25, 0.3) is 0 Å². The first kappa shape index (κ1) is 13.3. The fourth-order valence-corrected chi connectivity index (χ4v) is 3.35. The molecule has 1 N–H and O–H groups in total.